The normalized spacial score (nSPS) is 12.2. The van der Waals surface area contributed by atoms with Crippen molar-refractivity contribution in [3.63, 3.8) is 0 Å². The van der Waals surface area contributed by atoms with Crippen molar-refractivity contribution < 1.29 is 4.79 Å². The predicted molar refractivity (Wildman–Crippen MR) is 70.6 cm³/mol. The number of nitrogens with two attached hydrogens (primary N) is 1. The Labute approximate surface area is 108 Å². The Kier molecular flexibility index (Phi) is 5.25. The monoisotopic (exact) mass is 304 g/mol. The third-order valence-electron chi connectivity index (χ3n) is 2.16. The second-order valence-corrected chi connectivity index (χ2v) is 4.89. The number of halogens is 2. The van der Waals surface area contributed by atoms with Gasteiger partial charge in [-0.05, 0) is 40.5 Å². The van der Waals surface area contributed by atoms with E-state index in [0.717, 1.165) is 0 Å². The molecule has 0 radical (unpaired) electrons. The fourth-order valence-electron chi connectivity index (χ4n) is 1.20. The first kappa shape index (κ1) is 13.5. The molecule has 0 aliphatic rings. The zero-order valence-electron chi connectivity index (χ0n) is 8.97. The molecule has 16 heavy (non-hydrogen) atoms. The van der Waals surface area contributed by atoms with Gasteiger partial charge in [-0.2, -0.15) is 0 Å². The van der Waals surface area contributed by atoms with Crippen molar-refractivity contribution in [2.24, 2.45) is 11.7 Å². The number of amides is 1. The fourth-order valence-corrected chi connectivity index (χ4v) is 1.74. The number of nitrogens with one attached hydrogen (secondary N) is 1. The van der Waals surface area contributed by atoms with Crippen LogP contribution in [0.15, 0.2) is 22.7 Å². The van der Waals surface area contributed by atoms with Crippen LogP contribution >= 0.6 is 27.5 Å². The lowest BCUT2D eigenvalue weighted by atomic mass is 10.1. The van der Waals surface area contributed by atoms with Crippen LogP contribution < -0.4 is 11.1 Å². The van der Waals surface area contributed by atoms with Crippen LogP contribution in [0.5, 0.6) is 0 Å². The van der Waals surface area contributed by atoms with Crippen LogP contribution in [0.1, 0.15) is 13.3 Å². The van der Waals surface area contributed by atoms with E-state index in [0.29, 0.717) is 28.1 Å². The largest absolute Gasteiger partial charge is 0.330 e. The second kappa shape index (κ2) is 6.23. The Morgan fingerprint density at radius 3 is 2.94 bits per heavy atom. The van der Waals surface area contributed by atoms with Gasteiger partial charge in [0.15, 0.2) is 0 Å². The first-order valence-corrected chi connectivity index (χ1v) is 6.15. The molecule has 0 saturated heterocycles. The molecule has 0 fully saturated rings. The Balaban J connectivity index is 2.66. The smallest absolute Gasteiger partial charge is 0.224 e. The standard InChI is InChI=1S/C11H14BrClN2O/c1-7(6-14)5-10(16)15-9-4-2-3-8(13)11(9)12/h2-4,7H,5-6,14H2,1H3,(H,15,16). The van der Waals surface area contributed by atoms with Crippen LogP contribution in [0.25, 0.3) is 0 Å². The van der Waals surface area contributed by atoms with Crippen LogP contribution in [0.2, 0.25) is 5.02 Å². The van der Waals surface area contributed by atoms with Gasteiger partial charge < -0.3 is 11.1 Å². The van der Waals surface area contributed by atoms with Crippen molar-refractivity contribution in [2.75, 3.05) is 11.9 Å². The molecular weight excluding hydrogens is 291 g/mol. The van der Waals surface area contributed by atoms with Gasteiger partial charge in [0.25, 0.3) is 0 Å². The summed E-state index contributed by atoms with van der Waals surface area (Å²) in [5, 5.41) is 3.36. The van der Waals surface area contributed by atoms with Crippen molar-refractivity contribution in [3.8, 4) is 0 Å². The molecule has 1 atom stereocenters. The predicted octanol–water partition coefficient (Wildman–Crippen LogP) is 3.03. The number of carbonyl (C=O) groups excluding carboxylic acids is 1. The van der Waals surface area contributed by atoms with Crippen molar-refractivity contribution in [2.45, 2.75) is 13.3 Å². The van der Waals surface area contributed by atoms with E-state index in [1.54, 1.807) is 18.2 Å². The van der Waals surface area contributed by atoms with Crippen LogP contribution in [0.3, 0.4) is 0 Å². The van der Waals surface area contributed by atoms with E-state index in [4.69, 9.17) is 17.3 Å². The number of hydrogen-bond donors (Lipinski definition) is 2. The molecule has 1 unspecified atom stereocenters. The minimum atomic E-state index is -0.0547. The molecule has 0 aliphatic heterocycles. The van der Waals surface area contributed by atoms with Crippen molar-refractivity contribution in [1.82, 2.24) is 0 Å². The number of benzene rings is 1. The number of carbonyl (C=O) groups is 1. The summed E-state index contributed by atoms with van der Waals surface area (Å²) in [6.45, 7) is 2.44. The third kappa shape index (κ3) is 3.77. The van der Waals surface area contributed by atoms with Crippen molar-refractivity contribution >= 4 is 39.1 Å². The van der Waals surface area contributed by atoms with Gasteiger partial charge in [-0.15, -0.1) is 0 Å². The van der Waals surface area contributed by atoms with Gasteiger partial charge in [0, 0.05) is 6.42 Å². The van der Waals surface area contributed by atoms with Gasteiger partial charge in [0.2, 0.25) is 5.91 Å². The highest BCUT2D eigenvalue weighted by molar-refractivity contribution is 9.10. The Morgan fingerprint density at radius 1 is 1.62 bits per heavy atom. The average Bonchev–Trinajstić information content (AvgIpc) is 2.24. The summed E-state index contributed by atoms with van der Waals surface area (Å²) < 4.78 is 0.699. The van der Waals surface area contributed by atoms with Crippen LogP contribution in [-0.2, 0) is 4.79 Å². The van der Waals surface area contributed by atoms with E-state index < -0.39 is 0 Å². The number of hydrogen-bond acceptors (Lipinski definition) is 2. The maximum absolute atomic E-state index is 11.6. The quantitative estimate of drug-likeness (QED) is 0.898. The van der Waals surface area contributed by atoms with E-state index in [2.05, 4.69) is 21.2 Å². The SMILES string of the molecule is CC(CN)CC(=O)Nc1cccc(Cl)c1Br. The third-order valence-corrected chi connectivity index (χ3v) is 3.56. The molecular formula is C11H14BrClN2O. The molecule has 1 amide bonds. The lowest BCUT2D eigenvalue weighted by Crippen LogP contribution is -2.20. The van der Waals surface area contributed by atoms with Gasteiger partial charge in [0.1, 0.15) is 0 Å². The van der Waals surface area contributed by atoms with E-state index in [-0.39, 0.29) is 11.8 Å². The average molecular weight is 306 g/mol. The number of rotatable bonds is 4. The highest BCUT2D eigenvalue weighted by Crippen LogP contribution is 2.30. The molecule has 1 aromatic carbocycles. The summed E-state index contributed by atoms with van der Waals surface area (Å²) >= 11 is 9.23. The topological polar surface area (TPSA) is 55.1 Å². The molecule has 88 valence electrons. The van der Waals surface area contributed by atoms with E-state index in [9.17, 15) is 4.79 Å². The maximum atomic E-state index is 11.6. The minimum absolute atomic E-state index is 0.0547. The van der Waals surface area contributed by atoms with Gasteiger partial charge in [-0.3, -0.25) is 4.79 Å². The molecule has 0 aromatic heterocycles. The van der Waals surface area contributed by atoms with Gasteiger partial charge in [0.05, 0.1) is 15.2 Å². The Bertz CT molecular complexity index is 384. The molecule has 0 bridgehead atoms. The molecule has 1 aromatic rings. The van der Waals surface area contributed by atoms with Crippen molar-refractivity contribution in [1.29, 1.82) is 0 Å². The molecule has 1 rings (SSSR count). The molecule has 0 spiro atoms. The van der Waals surface area contributed by atoms with E-state index in [1.165, 1.54) is 0 Å². The first-order chi connectivity index (χ1) is 7.54. The maximum Gasteiger partial charge on any atom is 0.224 e. The van der Waals surface area contributed by atoms with Crippen LogP contribution in [0.4, 0.5) is 5.69 Å². The molecule has 3 N–H and O–H groups in total. The highest BCUT2D eigenvalue weighted by atomic mass is 79.9. The van der Waals surface area contributed by atoms with Gasteiger partial charge >= 0.3 is 0 Å². The van der Waals surface area contributed by atoms with E-state index >= 15 is 0 Å². The summed E-state index contributed by atoms with van der Waals surface area (Å²) in [4.78, 5) is 11.6. The summed E-state index contributed by atoms with van der Waals surface area (Å²) in [6, 6.07) is 5.33. The summed E-state index contributed by atoms with van der Waals surface area (Å²) in [5.41, 5.74) is 6.14. The molecule has 0 aliphatic carbocycles. The Hall–Kier alpha value is -0.580. The summed E-state index contributed by atoms with van der Waals surface area (Å²) in [7, 11) is 0. The van der Waals surface area contributed by atoms with E-state index in [1.807, 2.05) is 6.92 Å². The summed E-state index contributed by atoms with van der Waals surface area (Å²) in [6.07, 6.45) is 0.412. The molecule has 0 heterocycles. The highest BCUT2D eigenvalue weighted by Gasteiger charge is 2.10. The second-order valence-electron chi connectivity index (χ2n) is 3.69. The van der Waals surface area contributed by atoms with Gasteiger partial charge in [-0.1, -0.05) is 24.6 Å². The Morgan fingerprint density at radius 2 is 2.31 bits per heavy atom. The molecule has 3 nitrogen and oxygen atoms in total. The molecule has 0 saturated carbocycles. The lowest BCUT2D eigenvalue weighted by molar-refractivity contribution is -0.116. The zero-order valence-corrected chi connectivity index (χ0v) is 11.3. The first-order valence-electron chi connectivity index (χ1n) is 4.98. The minimum Gasteiger partial charge on any atom is -0.330 e. The lowest BCUT2D eigenvalue weighted by Gasteiger charge is -2.10. The molecule has 5 heteroatoms. The van der Waals surface area contributed by atoms with Crippen LogP contribution in [0, 0.1) is 5.92 Å². The van der Waals surface area contributed by atoms with Crippen molar-refractivity contribution in [3.05, 3.63) is 27.7 Å². The van der Waals surface area contributed by atoms with Gasteiger partial charge in [-0.25, -0.2) is 0 Å². The summed E-state index contributed by atoms with van der Waals surface area (Å²) in [5.74, 6) is 0.124. The zero-order chi connectivity index (χ0) is 12.1. The van der Waals surface area contributed by atoms with Crippen LogP contribution in [-0.4, -0.2) is 12.5 Å². The fraction of sp³-hybridized carbons (Fsp3) is 0.364. The number of anilines is 1.